The van der Waals surface area contributed by atoms with Crippen LogP contribution in [0.4, 0.5) is 10.2 Å². The number of fused-ring (bicyclic) bond motifs is 3. The summed E-state index contributed by atoms with van der Waals surface area (Å²) >= 11 is 0. The average molecular weight is 393 g/mol. The van der Waals surface area contributed by atoms with Gasteiger partial charge >= 0.3 is 0 Å². The van der Waals surface area contributed by atoms with Gasteiger partial charge in [-0.15, -0.1) is 10.2 Å². The van der Waals surface area contributed by atoms with Crippen molar-refractivity contribution >= 4 is 16.7 Å². The fraction of sp³-hybridized carbons (Fsp3) is 0.409. The van der Waals surface area contributed by atoms with Crippen LogP contribution in [-0.2, 0) is 0 Å². The summed E-state index contributed by atoms with van der Waals surface area (Å²) < 4.78 is 15.0. The highest BCUT2D eigenvalue weighted by molar-refractivity contribution is 5.87. The van der Waals surface area contributed by atoms with Gasteiger partial charge in [-0.1, -0.05) is 12.5 Å². The highest BCUT2D eigenvalue weighted by atomic mass is 19.1. The summed E-state index contributed by atoms with van der Waals surface area (Å²) in [6.07, 6.45) is 4.64. The molecule has 2 aliphatic rings. The molecule has 29 heavy (non-hydrogen) atoms. The zero-order valence-electron chi connectivity index (χ0n) is 16.3. The first kappa shape index (κ1) is 18.2. The number of pyridine rings is 1. The zero-order chi connectivity index (χ0) is 20.0. The smallest absolute Gasteiger partial charge is 0.151 e. The van der Waals surface area contributed by atoms with E-state index in [9.17, 15) is 5.11 Å². The van der Waals surface area contributed by atoms with E-state index in [0.29, 0.717) is 23.1 Å². The monoisotopic (exact) mass is 393 g/mol. The van der Waals surface area contributed by atoms with Gasteiger partial charge in [0, 0.05) is 42.3 Å². The predicted molar refractivity (Wildman–Crippen MR) is 111 cm³/mol. The number of piperidine rings is 2. The third-order valence-electron chi connectivity index (χ3n) is 6.30. The number of halogens is 1. The van der Waals surface area contributed by atoms with Gasteiger partial charge in [-0.25, -0.2) is 4.39 Å². The lowest BCUT2D eigenvalue weighted by Crippen LogP contribution is -2.61. The van der Waals surface area contributed by atoms with Gasteiger partial charge in [0.05, 0.1) is 17.3 Å². The number of hydrogen-bond acceptors (Lipinski definition) is 6. The first-order chi connectivity index (χ1) is 14.1. The van der Waals surface area contributed by atoms with E-state index in [0.717, 1.165) is 36.6 Å². The second-order valence-corrected chi connectivity index (χ2v) is 8.10. The van der Waals surface area contributed by atoms with Crippen LogP contribution in [0.1, 0.15) is 25.7 Å². The Morgan fingerprint density at radius 3 is 2.90 bits per heavy atom. The highest BCUT2D eigenvalue weighted by Gasteiger charge is 2.41. The molecule has 2 N–H and O–H groups in total. The Morgan fingerprint density at radius 1 is 1.17 bits per heavy atom. The number of hydrogen-bond donors (Lipinski definition) is 2. The fourth-order valence-corrected chi connectivity index (χ4v) is 4.69. The molecule has 2 saturated heterocycles. The number of nitrogens with zero attached hydrogens (tertiary/aromatic N) is 4. The minimum Gasteiger partial charge on any atom is -0.507 e. The molecule has 7 heteroatoms. The summed E-state index contributed by atoms with van der Waals surface area (Å²) in [5, 5.41) is 23.4. The van der Waals surface area contributed by atoms with Crippen LogP contribution < -0.4 is 10.2 Å². The molecule has 4 heterocycles. The van der Waals surface area contributed by atoms with Crippen LogP contribution in [-0.4, -0.2) is 51.6 Å². The van der Waals surface area contributed by atoms with Crippen molar-refractivity contribution in [1.82, 2.24) is 20.5 Å². The summed E-state index contributed by atoms with van der Waals surface area (Å²) in [4.78, 5) is 6.17. The molecule has 2 aromatic heterocycles. The molecule has 6 nitrogen and oxygen atoms in total. The molecule has 0 aliphatic carbocycles. The second-order valence-electron chi connectivity index (χ2n) is 8.10. The molecule has 5 rings (SSSR count). The van der Waals surface area contributed by atoms with Crippen LogP contribution in [0.25, 0.3) is 22.2 Å². The van der Waals surface area contributed by atoms with E-state index in [1.807, 2.05) is 42.3 Å². The Kier molecular flexibility index (Phi) is 4.54. The number of aromatic nitrogens is 3. The number of alkyl halides is 1. The SMILES string of the molecule is CN(c1ccc(-c2cc3cccnc3cc2O)nn1)[C@@H]1C[C@H]2CCC[C@H](N2)[C@@H]1F. The Balaban J connectivity index is 1.41. The van der Waals surface area contributed by atoms with Crippen LogP contribution in [0.3, 0.4) is 0 Å². The summed E-state index contributed by atoms with van der Waals surface area (Å²) in [6, 6.07) is 11.1. The van der Waals surface area contributed by atoms with Crippen molar-refractivity contribution in [3.8, 4) is 17.0 Å². The third kappa shape index (κ3) is 3.29. The molecule has 1 aromatic carbocycles. The van der Waals surface area contributed by atoms with Gasteiger partial charge in [0.1, 0.15) is 11.9 Å². The number of phenolic OH excluding ortho intramolecular Hbond substituents is 1. The lowest BCUT2D eigenvalue weighted by molar-refractivity contribution is 0.107. The van der Waals surface area contributed by atoms with Gasteiger partial charge in [0.15, 0.2) is 5.82 Å². The maximum absolute atomic E-state index is 15.0. The Morgan fingerprint density at radius 2 is 2.07 bits per heavy atom. The molecule has 2 fully saturated rings. The lowest BCUT2D eigenvalue weighted by atomic mass is 9.82. The number of anilines is 1. The largest absolute Gasteiger partial charge is 0.507 e. The molecule has 3 aromatic rings. The molecular weight excluding hydrogens is 369 g/mol. The highest BCUT2D eigenvalue weighted by Crippen LogP contribution is 2.34. The maximum atomic E-state index is 15.0. The summed E-state index contributed by atoms with van der Waals surface area (Å²) in [5.41, 5.74) is 1.90. The van der Waals surface area contributed by atoms with Crippen molar-refractivity contribution in [2.45, 2.75) is 50.0 Å². The van der Waals surface area contributed by atoms with Crippen molar-refractivity contribution < 1.29 is 9.50 Å². The maximum Gasteiger partial charge on any atom is 0.151 e. The zero-order valence-corrected chi connectivity index (χ0v) is 16.3. The van der Waals surface area contributed by atoms with Crippen LogP contribution in [0.5, 0.6) is 5.75 Å². The van der Waals surface area contributed by atoms with Crippen molar-refractivity contribution in [1.29, 1.82) is 0 Å². The summed E-state index contributed by atoms with van der Waals surface area (Å²) in [6.45, 7) is 0. The van der Waals surface area contributed by atoms with Gasteiger partial charge in [0.25, 0.3) is 0 Å². The molecule has 0 amide bonds. The number of nitrogens with one attached hydrogen (secondary N) is 1. The van der Waals surface area contributed by atoms with E-state index in [2.05, 4.69) is 20.5 Å². The molecule has 0 unspecified atom stereocenters. The second kappa shape index (κ2) is 7.22. The normalized spacial score (nSPS) is 26.4. The van der Waals surface area contributed by atoms with Crippen molar-refractivity contribution in [2.75, 3.05) is 11.9 Å². The lowest BCUT2D eigenvalue weighted by Gasteiger charge is -2.46. The molecule has 4 atom stereocenters. The minimum absolute atomic E-state index is 0.0645. The summed E-state index contributed by atoms with van der Waals surface area (Å²) in [7, 11) is 1.89. The van der Waals surface area contributed by atoms with E-state index >= 15 is 4.39 Å². The Hall–Kier alpha value is -2.80. The fourth-order valence-electron chi connectivity index (χ4n) is 4.69. The Bertz CT molecular complexity index is 1030. The standard InChI is InChI=1S/C22H24FN5O/c1-28(19-11-14-5-2-6-17(25-14)22(19)23)21-8-7-16(26-27-21)15-10-13-4-3-9-24-18(13)12-20(15)29/h3-4,7-10,12,14,17,19,22,25,29H,2,5-6,11H2,1H3/t14-,17+,19-,22+/m1/s1. The van der Waals surface area contributed by atoms with E-state index in [-0.39, 0.29) is 17.8 Å². The molecule has 2 aliphatic heterocycles. The van der Waals surface area contributed by atoms with Crippen molar-refractivity contribution in [3.63, 3.8) is 0 Å². The van der Waals surface area contributed by atoms with Gasteiger partial charge < -0.3 is 15.3 Å². The molecule has 0 spiro atoms. The molecular formula is C22H24FN5O. The number of benzene rings is 1. The van der Waals surface area contributed by atoms with Crippen molar-refractivity contribution in [2.24, 2.45) is 0 Å². The first-order valence-corrected chi connectivity index (χ1v) is 10.1. The quantitative estimate of drug-likeness (QED) is 0.710. The van der Waals surface area contributed by atoms with Crippen molar-refractivity contribution in [3.05, 3.63) is 42.6 Å². The van der Waals surface area contributed by atoms with Crippen LogP contribution in [0, 0.1) is 0 Å². The Labute approximate surface area is 168 Å². The van der Waals surface area contributed by atoms with Gasteiger partial charge in [-0.3, -0.25) is 4.98 Å². The van der Waals surface area contributed by atoms with E-state index in [1.54, 1.807) is 12.3 Å². The van der Waals surface area contributed by atoms with E-state index in [4.69, 9.17) is 0 Å². The van der Waals surface area contributed by atoms with E-state index in [1.165, 1.54) is 0 Å². The van der Waals surface area contributed by atoms with Crippen LogP contribution in [0.2, 0.25) is 0 Å². The topological polar surface area (TPSA) is 74.2 Å². The minimum atomic E-state index is -0.921. The summed E-state index contributed by atoms with van der Waals surface area (Å²) in [5.74, 6) is 0.755. The average Bonchev–Trinajstić information content (AvgIpc) is 2.76. The first-order valence-electron chi connectivity index (χ1n) is 10.1. The van der Waals surface area contributed by atoms with E-state index < -0.39 is 6.17 Å². The molecule has 0 saturated carbocycles. The van der Waals surface area contributed by atoms with Gasteiger partial charge in [0.2, 0.25) is 0 Å². The number of aromatic hydroxyl groups is 1. The number of phenols is 1. The van der Waals surface area contributed by atoms with Gasteiger partial charge in [-0.2, -0.15) is 0 Å². The van der Waals surface area contributed by atoms with Crippen LogP contribution >= 0.6 is 0 Å². The van der Waals surface area contributed by atoms with Crippen LogP contribution in [0.15, 0.2) is 42.6 Å². The predicted octanol–water partition coefficient (Wildman–Crippen LogP) is 3.45. The molecule has 0 radical (unpaired) electrons. The molecule has 150 valence electrons. The van der Waals surface area contributed by atoms with Gasteiger partial charge in [-0.05, 0) is 43.5 Å². The number of rotatable bonds is 3. The molecule has 2 bridgehead atoms. The third-order valence-corrected chi connectivity index (χ3v) is 6.30.